The first-order valence-electron chi connectivity index (χ1n) is 8.33. The SMILES string of the molecule is Cc1cccc(S(=O)(=O)Nc2ccc3nc(C4CCCO4)[nH]c3c2)c1F. The molecule has 1 atom stereocenters. The highest BCUT2D eigenvalue weighted by Crippen LogP contribution is 2.29. The van der Waals surface area contributed by atoms with E-state index in [4.69, 9.17) is 4.74 Å². The molecule has 3 aromatic rings. The van der Waals surface area contributed by atoms with Crippen molar-refractivity contribution in [2.24, 2.45) is 0 Å². The molecule has 2 N–H and O–H groups in total. The van der Waals surface area contributed by atoms with E-state index in [0.29, 0.717) is 11.2 Å². The van der Waals surface area contributed by atoms with Crippen LogP contribution in [0.1, 0.15) is 30.3 Å². The van der Waals surface area contributed by atoms with Gasteiger partial charge in [-0.1, -0.05) is 12.1 Å². The first-order valence-corrected chi connectivity index (χ1v) is 9.81. The number of halogens is 1. The van der Waals surface area contributed by atoms with Gasteiger partial charge in [-0.25, -0.2) is 17.8 Å². The van der Waals surface area contributed by atoms with Gasteiger partial charge >= 0.3 is 0 Å². The fraction of sp³-hybridized carbons (Fsp3) is 0.278. The highest BCUT2D eigenvalue weighted by atomic mass is 32.2. The van der Waals surface area contributed by atoms with Gasteiger partial charge in [0, 0.05) is 6.61 Å². The lowest BCUT2D eigenvalue weighted by Crippen LogP contribution is -2.15. The molecule has 0 amide bonds. The van der Waals surface area contributed by atoms with Gasteiger partial charge in [-0.2, -0.15) is 0 Å². The molecule has 136 valence electrons. The molecule has 0 radical (unpaired) electrons. The maximum atomic E-state index is 14.2. The van der Waals surface area contributed by atoms with Crippen molar-refractivity contribution in [3.05, 3.63) is 53.6 Å². The van der Waals surface area contributed by atoms with Gasteiger partial charge in [-0.15, -0.1) is 0 Å². The van der Waals surface area contributed by atoms with Gasteiger partial charge in [-0.3, -0.25) is 4.72 Å². The zero-order valence-electron chi connectivity index (χ0n) is 14.1. The Balaban J connectivity index is 1.65. The Labute approximate surface area is 150 Å². The van der Waals surface area contributed by atoms with E-state index >= 15 is 0 Å². The molecular formula is C18H18FN3O3S. The van der Waals surface area contributed by atoms with Gasteiger partial charge < -0.3 is 9.72 Å². The van der Waals surface area contributed by atoms with Crippen LogP contribution in [0.25, 0.3) is 11.0 Å². The summed E-state index contributed by atoms with van der Waals surface area (Å²) in [5, 5.41) is 0. The second-order valence-corrected chi connectivity index (χ2v) is 8.00. The molecule has 26 heavy (non-hydrogen) atoms. The summed E-state index contributed by atoms with van der Waals surface area (Å²) in [4.78, 5) is 7.30. The summed E-state index contributed by atoms with van der Waals surface area (Å²) < 4.78 is 47.3. The highest BCUT2D eigenvalue weighted by Gasteiger charge is 2.22. The van der Waals surface area contributed by atoms with Crippen LogP contribution in [0.3, 0.4) is 0 Å². The minimum atomic E-state index is -4.03. The Kier molecular flexibility index (Phi) is 4.16. The normalized spacial score (nSPS) is 17.7. The van der Waals surface area contributed by atoms with Crippen LogP contribution < -0.4 is 4.72 Å². The fourth-order valence-corrected chi connectivity index (χ4v) is 4.28. The van der Waals surface area contributed by atoms with Crippen molar-refractivity contribution in [1.82, 2.24) is 9.97 Å². The van der Waals surface area contributed by atoms with Crippen LogP contribution >= 0.6 is 0 Å². The Morgan fingerprint density at radius 3 is 2.92 bits per heavy atom. The second kappa shape index (κ2) is 6.37. The van der Waals surface area contributed by atoms with Gasteiger partial charge in [-0.05, 0) is 49.6 Å². The number of sulfonamides is 1. The standard InChI is InChI=1S/C18H18FN3O3S/c1-11-4-2-6-16(17(11)19)26(23,24)22-12-7-8-13-14(10-12)21-18(20-13)15-5-3-9-25-15/h2,4,6-8,10,15,22H,3,5,9H2,1H3,(H,20,21). The molecule has 1 saturated heterocycles. The number of hydrogen-bond donors (Lipinski definition) is 2. The van der Waals surface area contributed by atoms with E-state index in [9.17, 15) is 12.8 Å². The van der Waals surface area contributed by atoms with Gasteiger partial charge in [0.1, 0.15) is 22.6 Å². The average molecular weight is 375 g/mol. The maximum Gasteiger partial charge on any atom is 0.264 e. The minimum absolute atomic E-state index is 0.0519. The number of aromatic amines is 1. The number of nitrogens with zero attached hydrogens (tertiary/aromatic N) is 1. The number of H-pyrrole nitrogens is 1. The number of aromatic nitrogens is 2. The third-order valence-electron chi connectivity index (χ3n) is 4.43. The van der Waals surface area contributed by atoms with Crippen LogP contribution in [0.2, 0.25) is 0 Å². The van der Waals surface area contributed by atoms with E-state index in [1.54, 1.807) is 18.2 Å². The first kappa shape index (κ1) is 17.0. The topological polar surface area (TPSA) is 84.1 Å². The third kappa shape index (κ3) is 3.06. The van der Waals surface area contributed by atoms with E-state index in [1.165, 1.54) is 25.1 Å². The molecule has 2 heterocycles. The Morgan fingerprint density at radius 2 is 2.15 bits per heavy atom. The molecule has 0 aliphatic carbocycles. The summed E-state index contributed by atoms with van der Waals surface area (Å²) in [6, 6.07) is 9.25. The quantitative estimate of drug-likeness (QED) is 0.729. The molecule has 4 rings (SSSR count). The largest absolute Gasteiger partial charge is 0.370 e. The molecule has 0 bridgehead atoms. The van der Waals surface area contributed by atoms with Crippen molar-refractivity contribution in [3.8, 4) is 0 Å². The van der Waals surface area contributed by atoms with Crippen LogP contribution in [0.4, 0.5) is 10.1 Å². The molecule has 0 saturated carbocycles. The van der Waals surface area contributed by atoms with Gasteiger partial charge in [0.05, 0.1) is 16.7 Å². The number of aryl methyl sites for hydroxylation is 1. The first-order chi connectivity index (χ1) is 12.4. The van der Waals surface area contributed by atoms with E-state index in [2.05, 4.69) is 14.7 Å². The lowest BCUT2D eigenvalue weighted by atomic mass is 10.2. The second-order valence-electron chi connectivity index (χ2n) is 6.35. The predicted molar refractivity (Wildman–Crippen MR) is 96.0 cm³/mol. The van der Waals surface area contributed by atoms with Crippen LogP contribution in [0.15, 0.2) is 41.3 Å². The molecule has 1 fully saturated rings. The Bertz CT molecular complexity index is 1070. The summed E-state index contributed by atoms with van der Waals surface area (Å²) >= 11 is 0. The van der Waals surface area contributed by atoms with Crippen LogP contribution in [-0.4, -0.2) is 25.0 Å². The molecule has 8 heteroatoms. The number of fused-ring (bicyclic) bond motifs is 1. The van der Waals surface area contributed by atoms with Gasteiger partial charge in [0.2, 0.25) is 0 Å². The van der Waals surface area contributed by atoms with E-state index in [1.807, 2.05) is 0 Å². The van der Waals surface area contributed by atoms with Crippen molar-refractivity contribution in [3.63, 3.8) is 0 Å². The summed E-state index contributed by atoms with van der Waals surface area (Å²) in [6.45, 7) is 2.24. The maximum absolute atomic E-state index is 14.2. The highest BCUT2D eigenvalue weighted by molar-refractivity contribution is 7.92. The molecule has 1 aliphatic rings. The predicted octanol–water partition coefficient (Wildman–Crippen LogP) is 3.66. The molecule has 2 aromatic carbocycles. The van der Waals surface area contributed by atoms with Gasteiger partial charge in [0.15, 0.2) is 0 Å². The number of nitrogens with one attached hydrogen (secondary N) is 2. The zero-order chi connectivity index (χ0) is 18.3. The van der Waals surface area contributed by atoms with Gasteiger partial charge in [0.25, 0.3) is 10.0 Å². The van der Waals surface area contributed by atoms with Crippen molar-refractivity contribution in [2.75, 3.05) is 11.3 Å². The lowest BCUT2D eigenvalue weighted by molar-refractivity contribution is 0.106. The number of ether oxygens (including phenoxy) is 1. The van der Waals surface area contributed by atoms with Crippen LogP contribution in [-0.2, 0) is 14.8 Å². The third-order valence-corrected chi connectivity index (χ3v) is 5.83. The lowest BCUT2D eigenvalue weighted by Gasteiger charge is -2.10. The molecule has 0 spiro atoms. The number of benzene rings is 2. The fourth-order valence-electron chi connectivity index (χ4n) is 3.08. The number of hydrogen-bond acceptors (Lipinski definition) is 4. The zero-order valence-corrected chi connectivity index (χ0v) is 14.9. The summed E-state index contributed by atoms with van der Waals surface area (Å²) in [5.41, 5.74) is 2.03. The van der Waals surface area contributed by atoms with Crippen molar-refractivity contribution >= 4 is 26.7 Å². The summed E-state index contributed by atoms with van der Waals surface area (Å²) in [6.07, 6.45) is 1.85. The Hall–Kier alpha value is -2.45. The van der Waals surface area contributed by atoms with Crippen molar-refractivity contribution in [1.29, 1.82) is 0 Å². The van der Waals surface area contributed by atoms with Crippen molar-refractivity contribution < 1.29 is 17.5 Å². The van der Waals surface area contributed by atoms with Crippen LogP contribution in [0, 0.1) is 12.7 Å². The summed E-state index contributed by atoms with van der Waals surface area (Å²) in [7, 11) is -4.03. The van der Waals surface area contributed by atoms with Crippen LogP contribution in [0.5, 0.6) is 0 Å². The molecule has 6 nitrogen and oxygen atoms in total. The molecule has 1 aromatic heterocycles. The minimum Gasteiger partial charge on any atom is -0.370 e. The van der Waals surface area contributed by atoms with E-state index < -0.39 is 15.8 Å². The number of rotatable bonds is 4. The molecule has 1 aliphatic heterocycles. The van der Waals surface area contributed by atoms with E-state index in [0.717, 1.165) is 30.8 Å². The average Bonchev–Trinajstić information content (AvgIpc) is 3.25. The van der Waals surface area contributed by atoms with E-state index in [-0.39, 0.29) is 16.6 Å². The van der Waals surface area contributed by atoms with Crippen molar-refractivity contribution in [2.45, 2.75) is 30.8 Å². The number of imidazole rings is 1. The smallest absolute Gasteiger partial charge is 0.264 e. The summed E-state index contributed by atoms with van der Waals surface area (Å²) in [5.74, 6) is -0.00878. The number of anilines is 1. The molecular weight excluding hydrogens is 357 g/mol. The monoisotopic (exact) mass is 375 g/mol. The molecule has 1 unspecified atom stereocenters. The Morgan fingerprint density at radius 1 is 1.31 bits per heavy atom.